The Hall–Kier alpha value is -3.36. The number of nitrogens with zero attached hydrogens (tertiary/aromatic N) is 2. The lowest BCUT2D eigenvalue weighted by Gasteiger charge is -2.42. The van der Waals surface area contributed by atoms with E-state index in [1.807, 2.05) is 0 Å². The summed E-state index contributed by atoms with van der Waals surface area (Å²) in [7, 11) is 0. The molecule has 9 heteroatoms. The molecule has 1 aromatic heterocycles. The summed E-state index contributed by atoms with van der Waals surface area (Å²) in [5.41, 5.74) is 5.86. The topological polar surface area (TPSA) is 105 Å². The van der Waals surface area contributed by atoms with Gasteiger partial charge in [0, 0.05) is 25.1 Å². The predicted octanol–water partition coefficient (Wildman–Crippen LogP) is 2.36. The first-order valence-electron chi connectivity index (χ1n) is 8.98. The number of primary amides is 1. The van der Waals surface area contributed by atoms with E-state index in [2.05, 4.69) is 10.3 Å². The Morgan fingerprint density at radius 1 is 1.21 bits per heavy atom. The highest BCUT2D eigenvalue weighted by atomic mass is 19.3. The summed E-state index contributed by atoms with van der Waals surface area (Å²) >= 11 is 0. The van der Waals surface area contributed by atoms with E-state index in [-0.39, 0.29) is 17.8 Å². The molecule has 0 unspecified atom stereocenters. The maximum absolute atomic E-state index is 14.3. The first-order valence-corrected chi connectivity index (χ1v) is 8.98. The SMILES string of the molecule is C[C@H]1CN(C(=O)C(=O)Nc2cncc(C(N)=O)c2)[C@H](c2ccccc2)CC1(F)F. The number of benzene rings is 1. The maximum atomic E-state index is 14.3. The van der Waals surface area contributed by atoms with Crippen molar-refractivity contribution in [3.8, 4) is 0 Å². The number of alkyl halides is 2. The highest BCUT2D eigenvalue weighted by Crippen LogP contribution is 2.42. The predicted molar refractivity (Wildman–Crippen MR) is 101 cm³/mol. The summed E-state index contributed by atoms with van der Waals surface area (Å²) in [6.45, 7) is 1.08. The van der Waals surface area contributed by atoms with Gasteiger partial charge in [-0.15, -0.1) is 0 Å². The van der Waals surface area contributed by atoms with E-state index < -0.39 is 42.0 Å². The fourth-order valence-corrected chi connectivity index (χ4v) is 3.28. The molecule has 1 saturated heterocycles. The van der Waals surface area contributed by atoms with Crippen molar-refractivity contribution < 1.29 is 23.2 Å². The number of pyridine rings is 1. The quantitative estimate of drug-likeness (QED) is 0.769. The number of carbonyl (C=O) groups is 3. The van der Waals surface area contributed by atoms with E-state index in [1.165, 1.54) is 25.4 Å². The average Bonchev–Trinajstić information content (AvgIpc) is 2.70. The number of piperidine rings is 1. The molecule has 3 amide bonds. The standard InChI is InChI=1S/C20H20F2N4O3/c1-12-11-26(16(8-20(12,21)22)13-5-3-2-4-6-13)19(29)18(28)25-15-7-14(17(23)27)9-24-10-15/h2-7,9-10,12,16H,8,11H2,1H3,(H2,23,27)(H,25,28)/t12-,16-/m0/s1. The van der Waals surface area contributed by atoms with Crippen LogP contribution < -0.4 is 11.1 Å². The molecule has 7 nitrogen and oxygen atoms in total. The summed E-state index contributed by atoms with van der Waals surface area (Å²) in [6.07, 6.45) is 1.90. The zero-order valence-electron chi connectivity index (χ0n) is 15.6. The van der Waals surface area contributed by atoms with Crippen LogP contribution in [0.25, 0.3) is 0 Å². The molecule has 2 atom stereocenters. The lowest BCUT2D eigenvalue weighted by atomic mass is 9.86. The molecule has 29 heavy (non-hydrogen) atoms. The number of aromatic nitrogens is 1. The minimum atomic E-state index is -2.96. The van der Waals surface area contributed by atoms with Crippen LogP contribution in [0.15, 0.2) is 48.8 Å². The molecule has 1 aliphatic rings. The molecule has 0 aliphatic carbocycles. The molecule has 3 rings (SSSR count). The molecule has 1 aromatic carbocycles. The van der Waals surface area contributed by atoms with Crippen LogP contribution in [0.1, 0.15) is 35.3 Å². The van der Waals surface area contributed by atoms with Gasteiger partial charge in [-0.2, -0.15) is 0 Å². The van der Waals surface area contributed by atoms with Crippen molar-refractivity contribution in [2.75, 3.05) is 11.9 Å². The zero-order valence-corrected chi connectivity index (χ0v) is 15.6. The molecule has 152 valence electrons. The Balaban J connectivity index is 1.84. The Morgan fingerprint density at radius 2 is 1.90 bits per heavy atom. The minimum Gasteiger partial charge on any atom is -0.366 e. The van der Waals surface area contributed by atoms with E-state index >= 15 is 0 Å². The van der Waals surface area contributed by atoms with Gasteiger partial charge in [0.1, 0.15) is 0 Å². The molecular formula is C20H20F2N4O3. The van der Waals surface area contributed by atoms with Crippen LogP contribution in [0.3, 0.4) is 0 Å². The summed E-state index contributed by atoms with van der Waals surface area (Å²) < 4.78 is 28.7. The van der Waals surface area contributed by atoms with Crippen LogP contribution in [0, 0.1) is 5.92 Å². The first kappa shape index (κ1) is 20.4. The van der Waals surface area contributed by atoms with Gasteiger partial charge in [-0.1, -0.05) is 37.3 Å². The van der Waals surface area contributed by atoms with Gasteiger partial charge < -0.3 is 16.0 Å². The fourth-order valence-electron chi connectivity index (χ4n) is 3.28. The van der Waals surface area contributed by atoms with Gasteiger partial charge in [0.25, 0.3) is 5.92 Å². The van der Waals surface area contributed by atoms with E-state index in [9.17, 15) is 23.2 Å². The lowest BCUT2D eigenvalue weighted by Crippen LogP contribution is -2.52. The number of amides is 3. The summed E-state index contributed by atoms with van der Waals surface area (Å²) in [4.78, 5) is 41.5. The average molecular weight is 402 g/mol. The van der Waals surface area contributed by atoms with E-state index in [0.29, 0.717) is 5.56 Å². The third kappa shape index (κ3) is 4.39. The van der Waals surface area contributed by atoms with E-state index in [0.717, 1.165) is 4.90 Å². The molecule has 3 N–H and O–H groups in total. The first-order chi connectivity index (χ1) is 13.7. The second kappa shape index (κ2) is 7.94. The van der Waals surface area contributed by atoms with E-state index in [1.54, 1.807) is 30.3 Å². The number of anilines is 1. The number of nitrogens with one attached hydrogen (secondary N) is 1. The Bertz CT molecular complexity index is 936. The van der Waals surface area contributed by atoms with Crippen molar-refractivity contribution in [2.45, 2.75) is 25.3 Å². The number of hydrogen-bond donors (Lipinski definition) is 2. The smallest absolute Gasteiger partial charge is 0.313 e. The normalized spacial score (nSPS) is 20.7. The third-order valence-corrected chi connectivity index (χ3v) is 4.95. The highest BCUT2D eigenvalue weighted by molar-refractivity contribution is 6.39. The van der Waals surface area contributed by atoms with Crippen molar-refractivity contribution in [3.05, 3.63) is 59.9 Å². The second-order valence-electron chi connectivity index (χ2n) is 7.03. The summed E-state index contributed by atoms with van der Waals surface area (Å²) in [5, 5.41) is 2.35. The molecule has 2 heterocycles. The van der Waals surface area contributed by atoms with Crippen molar-refractivity contribution in [1.82, 2.24) is 9.88 Å². The summed E-state index contributed by atoms with van der Waals surface area (Å²) in [6, 6.07) is 8.76. The molecule has 2 aromatic rings. The number of hydrogen-bond acceptors (Lipinski definition) is 4. The molecule has 0 radical (unpaired) electrons. The van der Waals surface area contributed by atoms with Crippen molar-refractivity contribution in [1.29, 1.82) is 0 Å². The Kier molecular flexibility index (Phi) is 5.58. The Morgan fingerprint density at radius 3 is 2.55 bits per heavy atom. The molecule has 0 saturated carbocycles. The van der Waals surface area contributed by atoms with Crippen LogP contribution in [0.4, 0.5) is 14.5 Å². The van der Waals surface area contributed by atoms with Gasteiger partial charge in [-0.05, 0) is 11.6 Å². The van der Waals surface area contributed by atoms with E-state index in [4.69, 9.17) is 5.73 Å². The monoisotopic (exact) mass is 402 g/mol. The molecule has 0 spiro atoms. The van der Waals surface area contributed by atoms with Crippen LogP contribution in [-0.2, 0) is 9.59 Å². The number of halogens is 2. The third-order valence-electron chi connectivity index (χ3n) is 4.95. The van der Waals surface area contributed by atoms with Gasteiger partial charge in [-0.3, -0.25) is 19.4 Å². The van der Waals surface area contributed by atoms with Crippen molar-refractivity contribution >= 4 is 23.4 Å². The van der Waals surface area contributed by atoms with Gasteiger partial charge in [0.2, 0.25) is 5.91 Å². The van der Waals surface area contributed by atoms with Crippen molar-refractivity contribution in [2.24, 2.45) is 11.7 Å². The molecule has 1 fully saturated rings. The largest absolute Gasteiger partial charge is 0.366 e. The van der Waals surface area contributed by atoms with Gasteiger partial charge in [-0.25, -0.2) is 8.78 Å². The Labute approximate surface area is 165 Å². The van der Waals surface area contributed by atoms with Crippen LogP contribution in [-0.4, -0.2) is 40.1 Å². The van der Waals surface area contributed by atoms with Crippen molar-refractivity contribution in [3.63, 3.8) is 0 Å². The maximum Gasteiger partial charge on any atom is 0.313 e. The molecule has 0 bridgehead atoms. The fraction of sp³-hybridized carbons (Fsp3) is 0.300. The van der Waals surface area contributed by atoms with Crippen LogP contribution in [0.5, 0.6) is 0 Å². The van der Waals surface area contributed by atoms with Crippen LogP contribution >= 0.6 is 0 Å². The molecule has 1 aliphatic heterocycles. The van der Waals surface area contributed by atoms with Gasteiger partial charge in [0.15, 0.2) is 0 Å². The highest BCUT2D eigenvalue weighted by Gasteiger charge is 2.48. The second-order valence-corrected chi connectivity index (χ2v) is 7.03. The van der Waals surface area contributed by atoms with Crippen LogP contribution in [0.2, 0.25) is 0 Å². The minimum absolute atomic E-state index is 0.0589. The lowest BCUT2D eigenvalue weighted by molar-refractivity contribution is -0.159. The number of rotatable bonds is 3. The number of carbonyl (C=O) groups excluding carboxylic acids is 3. The molecular weight excluding hydrogens is 382 g/mol. The number of likely N-dealkylation sites (tertiary alicyclic amines) is 1. The number of nitrogens with two attached hydrogens (primary N) is 1. The zero-order chi connectivity index (χ0) is 21.2. The van der Waals surface area contributed by atoms with Gasteiger partial charge >= 0.3 is 11.8 Å². The van der Waals surface area contributed by atoms with Gasteiger partial charge in [0.05, 0.1) is 23.5 Å². The summed E-state index contributed by atoms with van der Waals surface area (Å²) in [5.74, 6) is -6.75.